The summed E-state index contributed by atoms with van der Waals surface area (Å²) in [6.45, 7) is 7.60. The Morgan fingerprint density at radius 2 is 2.29 bits per heavy atom. The van der Waals surface area contributed by atoms with E-state index in [1.54, 1.807) is 0 Å². The predicted octanol–water partition coefficient (Wildman–Crippen LogP) is 3.15. The molecule has 3 nitrogen and oxygen atoms in total. The normalized spacial score (nSPS) is 20.8. The molecule has 0 saturated heterocycles. The molecule has 0 amide bonds. The van der Waals surface area contributed by atoms with E-state index in [1.807, 2.05) is 0 Å². The summed E-state index contributed by atoms with van der Waals surface area (Å²) in [6.07, 6.45) is 1.15. The van der Waals surface area contributed by atoms with Gasteiger partial charge in [-0.15, -0.1) is 0 Å². The second kappa shape index (κ2) is 3.57. The predicted molar refractivity (Wildman–Crippen MR) is 61.8 cm³/mol. The van der Waals surface area contributed by atoms with Crippen LogP contribution in [0.1, 0.15) is 44.8 Å². The first-order chi connectivity index (χ1) is 6.61. The molecule has 0 aliphatic carbocycles. The number of hydrogen-bond donors (Lipinski definition) is 1. The molecule has 2 rings (SSSR count). The minimum absolute atomic E-state index is 0.469. The maximum Gasteiger partial charge on any atom is 0.139 e. The van der Waals surface area contributed by atoms with Gasteiger partial charge < -0.3 is 5.32 Å². The van der Waals surface area contributed by atoms with Gasteiger partial charge in [0.05, 0.1) is 16.2 Å². The lowest BCUT2D eigenvalue weighted by Gasteiger charge is -2.22. The Morgan fingerprint density at radius 3 is 2.86 bits per heavy atom. The molecular formula is C10H16BrN3. The first-order valence-electron chi connectivity index (χ1n) is 5.13. The third kappa shape index (κ3) is 1.45. The fourth-order valence-electron chi connectivity index (χ4n) is 1.80. The Balaban J connectivity index is 2.49. The van der Waals surface area contributed by atoms with Crippen molar-refractivity contribution in [1.29, 1.82) is 0 Å². The molecule has 1 aliphatic heterocycles. The van der Waals surface area contributed by atoms with Crippen LogP contribution in [0.2, 0.25) is 0 Å². The number of hydrogen-bond acceptors (Lipinski definition) is 2. The van der Waals surface area contributed by atoms with Crippen LogP contribution < -0.4 is 5.32 Å². The molecule has 2 heterocycles. The zero-order chi connectivity index (χ0) is 10.3. The van der Waals surface area contributed by atoms with Gasteiger partial charge in [-0.2, -0.15) is 5.10 Å². The van der Waals surface area contributed by atoms with Gasteiger partial charge in [0.25, 0.3) is 0 Å². The van der Waals surface area contributed by atoms with E-state index >= 15 is 0 Å². The van der Waals surface area contributed by atoms with E-state index in [1.165, 1.54) is 0 Å². The highest BCUT2D eigenvalue weighted by Crippen LogP contribution is 2.35. The summed E-state index contributed by atoms with van der Waals surface area (Å²) in [6, 6.07) is 0.509. The van der Waals surface area contributed by atoms with Crippen molar-refractivity contribution >= 4 is 21.7 Å². The molecule has 1 aliphatic rings. The number of rotatable bonds is 1. The Hall–Kier alpha value is -0.510. The van der Waals surface area contributed by atoms with Crippen molar-refractivity contribution in [1.82, 2.24) is 9.78 Å². The molecule has 0 radical (unpaired) electrons. The molecule has 0 spiro atoms. The highest BCUT2D eigenvalue weighted by molar-refractivity contribution is 9.10. The quantitative estimate of drug-likeness (QED) is 0.838. The van der Waals surface area contributed by atoms with Crippen LogP contribution in [0.5, 0.6) is 0 Å². The summed E-state index contributed by atoms with van der Waals surface area (Å²) in [5, 5.41) is 8.03. The average molecular weight is 258 g/mol. The number of anilines is 1. The van der Waals surface area contributed by atoms with E-state index in [4.69, 9.17) is 0 Å². The third-order valence-corrected chi connectivity index (χ3v) is 3.48. The fourth-order valence-corrected chi connectivity index (χ4v) is 2.66. The number of nitrogens with zero attached hydrogens (tertiary/aromatic N) is 2. The van der Waals surface area contributed by atoms with Crippen molar-refractivity contribution < 1.29 is 0 Å². The first-order valence-corrected chi connectivity index (χ1v) is 5.92. The molecule has 4 heteroatoms. The molecule has 0 fully saturated rings. The van der Waals surface area contributed by atoms with Gasteiger partial charge in [-0.25, -0.2) is 4.68 Å². The molecule has 78 valence electrons. The molecule has 0 saturated carbocycles. The molecule has 1 aromatic heterocycles. The average Bonchev–Trinajstić information content (AvgIpc) is 2.46. The zero-order valence-electron chi connectivity index (χ0n) is 8.84. The second-order valence-electron chi connectivity index (χ2n) is 4.21. The minimum Gasteiger partial charge on any atom is -0.369 e. The Morgan fingerprint density at radius 1 is 1.57 bits per heavy atom. The van der Waals surface area contributed by atoms with Crippen LogP contribution in [-0.2, 0) is 0 Å². The molecule has 0 bridgehead atoms. The Labute approximate surface area is 93.0 Å². The second-order valence-corrected chi connectivity index (χ2v) is 5.00. The van der Waals surface area contributed by atoms with E-state index in [0.29, 0.717) is 12.0 Å². The van der Waals surface area contributed by atoms with Crippen LogP contribution in [-0.4, -0.2) is 16.3 Å². The van der Waals surface area contributed by atoms with Crippen molar-refractivity contribution in [3.63, 3.8) is 0 Å². The van der Waals surface area contributed by atoms with Crippen LogP contribution in [0.4, 0.5) is 5.82 Å². The van der Waals surface area contributed by atoms with Crippen LogP contribution >= 0.6 is 15.9 Å². The molecular weight excluding hydrogens is 242 g/mol. The van der Waals surface area contributed by atoms with Gasteiger partial charge in [-0.1, -0.05) is 13.8 Å². The molecule has 14 heavy (non-hydrogen) atoms. The largest absolute Gasteiger partial charge is 0.369 e. The van der Waals surface area contributed by atoms with Gasteiger partial charge in [0, 0.05) is 6.54 Å². The monoisotopic (exact) mass is 257 g/mol. The van der Waals surface area contributed by atoms with E-state index < -0.39 is 0 Å². The van der Waals surface area contributed by atoms with Crippen molar-refractivity contribution in [3.05, 3.63) is 10.2 Å². The molecule has 1 atom stereocenters. The zero-order valence-corrected chi connectivity index (χ0v) is 10.4. The van der Waals surface area contributed by atoms with Gasteiger partial charge in [0.1, 0.15) is 5.82 Å². The maximum absolute atomic E-state index is 4.64. The number of nitrogens with one attached hydrogen (secondary N) is 1. The van der Waals surface area contributed by atoms with Gasteiger partial charge >= 0.3 is 0 Å². The smallest absolute Gasteiger partial charge is 0.139 e. The highest BCUT2D eigenvalue weighted by Gasteiger charge is 2.23. The first kappa shape index (κ1) is 10.0. The van der Waals surface area contributed by atoms with E-state index in [2.05, 4.69) is 51.8 Å². The molecule has 1 unspecified atom stereocenters. The maximum atomic E-state index is 4.64. The molecule has 1 aromatic rings. The van der Waals surface area contributed by atoms with Crippen LogP contribution in [0, 0.1) is 0 Å². The van der Waals surface area contributed by atoms with Gasteiger partial charge in [0.2, 0.25) is 0 Å². The molecule has 0 aromatic carbocycles. The van der Waals surface area contributed by atoms with E-state index in [9.17, 15) is 0 Å². The van der Waals surface area contributed by atoms with Gasteiger partial charge in [-0.3, -0.25) is 0 Å². The van der Waals surface area contributed by atoms with Crippen LogP contribution in [0.15, 0.2) is 4.47 Å². The topological polar surface area (TPSA) is 29.9 Å². The van der Waals surface area contributed by atoms with Gasteiger partial charge in [-0.05, 0) is 35.2 Å². The van der Waals surface area contributed by atoms with Crippen molar-refractivity contribution in [2.24, 2.45) is 0 Å². The SMILES string of the molecule is CC(C)c1nn2c(c1Br)NCCC2C. The van der Waals surface area contributed by atoms with E-state index in [-0.39, 0.29) is 0 Å². The standard InChI is InChI=1S/C10H16BrN3/c1-6(2)9-8(11)10-12-5-4-7(3)14(10)13-9/h6-7,12H,4-5H2,1-3H3. The number of fused-ring (bicyclic) bond motifs is 1. The molecule has 1 N–H and O–H groups in total. The summed E-state index contributed by atoms with van der Waals surface area (Å²) < 4.78 is 3.24. The summed E-state index contributed by atoms with van der Waals surface area (Å²) >= 11 is 3.62. The van der Waals surface area contributed by atoms with Crippen molar-refractivity contribution in [2.45, 2.75) is 39.2 Å². The lowest BCUT2D eigenvalue weighted by molar-refractivity contribution is 0.448. The number of aromatic nitrogens is 2. The van der Waals surface area contributed by atoms with Crippen LogP contribution in [0.3, 0.4) is 0 Å². The Kier molecular flexibility index (Phi) is 2.56. The Bertz CT molecular complexity index is 343. The summed E-state index contributed by atoms with van der Waals surface area (Å²) in [5.41, 5.74) is 1.15. The summed E-state index contributed by atoms with van der Waals surface area (Å²) in [4.78, 5) is 0. The summed E-state index contributed by atoms with van der Waals surface area (Å²) in [7, 11) is 0. The highest BCUT2D eigenvalue weighted by atomic mass is 79.9. The summed E-state index contributed by atoms with van der Waals surface area (Å²) in [5.74, 6) is 1.61. The fraction of sp³-hybridized carbons (Fsp3) is 0.700. The van der Waals surface area contributed by atoms with E-state index in [0.717, 1.165) is 29.0 Å². The lowest BCUT2D eigenvalue weighted by Crippen LogP contribution is -2.21. The lowest BCUT2D eigenvalue weighted by atomic mass is 10.1. The number of halogens is 1. The van der Waals surface area contributed by atoms with Crippen LogP contribution in [0.25, 0.3) is 0 Å². The third-order valence-electron chi connectivity index (χ3n) is 2.70. The van der Waals surface area contributed by atoms with Crippen molar-refractivity contribution in [3.8, 4) is 0 Å². The van der Waals surface area contributed by atoms with Gasteiger partial charge in [0.15, 0.2) is 0 Å². The minimum atomic E-state index is 0.469. The van der Waals surface area contributed by atoms with Crippen molar-refractivity contribution in [2.75, 3.05) is 11.9 Å².